The molecule has 0 radical (unpaired) electrons. The highest BCUT2D eigenvalue weighted by Crippen LogP contribution is 2.36. The van der Waals surface area contributed by atoms with Gasteiger partial charge < -0.3 is 5.73 Å². The van der Waals surface area contributed by atoms with Crippen LogP contribution < -0.4 is 5.73 Å². The molecule has 0 aliphatic rings. The Kier molecular flexibility index (Phi) is 6.78. The van der Waals surface area contributed by atoms with Crippen molar-refractivity contribution in [3.63, 3.8) is 0 Å². The van der Waals surface area contributed by atoms with Crippen molar-refractivity contribution in [1.82, 2.24) is 15.0 Å². The lowest BCUT2D eigenvalue weighted by Gasteiger charge is -2.15. The van der Waals surface area contributed by atoms with Crippen LogP contribution in [0.3, 0.4) is 0 Å². The lowest BCUT2D eigenvalue weighted by Crippen LogP contribution is -2.17. The summed E-state index contributed by atoms with van der Waals surface area (Å²) >= 11 is 0. The number of primary amides is 1. The van der Waals surface area contributed by atoms with Crippen LogP contribution in [0.4, 0.5) is 26.3 Å². The Morgan fingerprint density at radius 2 is 1.55 bits per heavy atom. The van der Waals surface area contributed by atoms with E-state index in [1.165, 1.54) is 25.8 Å². The van der Waals surface area contributed by atoms with E-state index in [0.29, 0.717) is 12.1 Å². The maximum Gasteiger partial charge on any atom is 0.416 e. The summed E-state index contributed by atoms with van der Waals surface area (Å²) in [5.41, 5.74) is 1.75. The fourth-order valence-corrected chi connectivity index (χ4v) is 2.35. The van der Waals surface area contributed by atoms with E-state index in [1.807, 2.05) is 0 Å². The molecule has 1 heterocycles. The van der Waals surface area contributed by atoms with Crippen LogP contribution in [-0.2, 0) is 17.1 Å². The van der Waals surface area contributed by atoms with E-state index >= 15 is 0 Å². The zero-order valence-corrected chi connectivity index (χ0v) is 15.7. The van der Waals surface area contributed by atoms with Crippen LogP contribution in [0.1, 0.15) is 22.3 Å². The number of amidine groups is 1. The molecule has 164 valence electrons. The first-order valence-corrected chi connectivity index (χ1v) is 8.18. The average Bonchev–Trinajstić information content (AvgIpc) is 2.69. The van der Waals surface area contributed by atoms with Crippen molar-refractivity contribution in [3.05, 3.63) is 65.4 Å². The van der Waals surface area contributed by atoms with E-state index in [0.717, 1.165) is 11.2 Å². The highest BCUT2D eigenvalue weighted by atomic mass is 19.4. The second kappa shape index (κ2) is 8.93. The number of halogens is 6. The number of benzene rings is 1. The number of rotatable bonds is 5. The Labute approximate surface area is 171 Å². The van der Waals surface area contributed by atoms with Gasteiger partial charge in [-0.15, -0.1) is 0 Å². The molecule has 0 unspecified atom stereocenters. The molecular weight excluding hydrogens is 430 g/mol. The Morgan fingerprint density at radius 1 is 1.03 bits per heavy atom. The van der Waals surface area contributed by atoms with Crippen LogP contribution in [0, 0.1) is 0 Å². The molecule has 0 saturated heterocycles. The fraction of sp³-hybridized carbons (Fsp3) is 0.167. The average molecular weight is 444 g/mol. The Balaban J connectivity index is 2.56. The van der Waals surface area contributed by atoms with Gasteiger partial charge in [-0.25, -0.2) is 15.0 Å². The Bertz CT molecular complexity index is 998. The molecule has 1 amide bonds. The van der Waals surface area contributed by atoms with Crippen molar-refractivity contribution >= 4 is 24.0 Å². The second-order valence-corrected chi connectivity index (χ2v) is 5.98. The van der Waals surface area contributed by atoms with Crippen molar-refractivity contribution in [3.8, 4) is 0 Å². The van der Waals surface area contributed by atoms with Gasteiger partial charge in [0.05, 0.1) is 16.7 Å². The number of nitrogens with zero attached hydrogens (tertiary/aromatic N) is 5. The first kappa shape index (κ1) is 23.5. The van der Waals surface area contributed by atoms with E-state index in [4.69, 9.17) is 5.73 Å². The summed E-state index contributed by atoms with van der Waals surface area (Å²) in [4.78, 5) is 22.6. The second-order valence-electron chi connectivity index (χ2n) is 5.98. The summed E-state index contributed by atoms with van der Waals surface area (Å²) in [5, 5.41) is 4.76. The smallest absolute Gasteiger partial charge is 0.366 e. The number of carbonyl (C=O) groups is 1. The maximum absolute atomic E-state index is 13.1. The number of aliphatic imine (C=N–C) groups is 1. The Hall–Kier alpha value is -3.77. The summed E-state index contributed by atoms with van der Waals surface area (Å²) in [6, 6.07) is 0.898. The molecule has 0 bridgehead atoms. The van der Waals surface area contributed by atoms with Gasteiger partial charge in [0.15, 0.2) is 5.84 Å². The molecule has 0 aliphatic carbocycles. The summed E-state index contributed by atoms with van der Waals surface area (Å²) in [5.74, 6) is -1.45. The van der Waals surface area contributed by atoms with E-state index in [9.17, 15) is 31.1 Å². The SMILES string of the molecule is C=N/C(=N\N(C)/C=C(/C(N)=O)c1cncnc1)c1cc(C(F)(F)F)cc(C(F)(F)F)c1. The molecule has 31 heavy (non-hydrogen) atoms. The number of alkyl halides is 6. The molecule has 0 spiro atoms. The van der Waals surface area contributed by atoms with E-state index in [-0.39, 0.29) is 17.2 Å². The number of carbonyl (C=O) groups excluding carboxylic acids is 1. The monoisotopic (exact) mass is 444 g/mol. The predicted molar refractivity (Wildman–Crippen MR) is 99.5 cm³/mol. The molecule has 0 fully saturated rings. The molecular formula is C18H14F6N6O. The molecule has 2 aromatic rings. The summed E-state index contributed by atoms with van der Waals surface area (Å²) < 4.78 is 78.5. The van der Waals surface area contributed by atoms with Crippen molar-refractivity contribution < 1.29 is 31.1 Å². The highest BCUT2D eigenvalue weighted by Gasteiger charge is 2.37. The zero-order chi connectivity index (χ0) is 23.4. The van der Waals surface area contributed by atoms with Gasteiger partial charge in [0.2, 0.25) is 0 Å². The van der Waals surface area contributed by atoms with E-state index in [2.05, 4.69) is 26.8 Å². The molecule has 0 atom stereocenters. The molecule has 1 aromatic heterocycles. The van der Waals surface area contributed by atoms with Gasteiger partial charge in [-0.05, 0) is 24.9 Å². The van der Waals surface area contributed by atoms with Crippen LogP contribution in [0.2, 0.25) is 0 Å². The van der Waals surface area contributed by atoms with Gasteiger partial charge in [-0.1, -0.05) is 0 Å². The quantitative estimate of drug-likeness (QED) is 0.252. The minimum absolute atomic E-state index is 0.0194. The predicted octanol–water partition coefficient (Wildman–Crippen LogP) is 3.33. The number of amides is 1. The normalized spacial score (nSPS) is 13.1. The number of hydrogen-bond acceptors (Lipinski definition) is 5. The van der Waals surface area contributed by atoms with Crippen molar-refractivity contribution in [2.45, 2.75) is 12.4 Å². The molecule has 0 aliphatic heterocycles. The summed E-state index contributed by atoms with van der Waals surface area (Å²) in [6.07, 6.45) is -5.24. The standard InChI is InChI=1S/C18H14F6N6O/c1-26-16(10-3-12(17(19,20)21)5-13(4-10)18(22,23)24)29-30(2)8-14(15(25)31)11-6-27-9-28-7-11/h3-9H,1H2,2H3,(H2,25,31)/b14-8+,29-16-. The van der Waals surface area contributed by atoms with Gasteiger partial charge in [0.1, 0.15) is 6.33 Å². The number of hydrazone groups is 1. The van der Waals surface area contributed by atoms with Gasteiger partial charge >= 0.3 is 12.4 Å². The summed E-state index contributed by atoms with van der Waals surface area (Å²) in [6.45, 7) is 3.14. The first-order valence-electron chi connectivity index (χ1n) is 8.18. The third kappa shape index (κ3) is 6.10. The first-order chi connectivity index (χ1) is 14.3. The van der Waals surface area contributed by atoms with Gasteiger partial charge in [-0.2, -0.15) is 31.4 Å². The third-order valence-electron chi connectivity index (χ3n) is 3.70. The topological polar surface area (TPSA) is 96.8 Å². The fourth-order valence-electron chi connectivity index (χ4n) is 2.35. The number of nitrogens with two attached hydrogens (primary N) is 1. The van der Waals surface area contributed by atoms with Crippen LogP contribution in [0.25, 0.3) is 5.57 Å². The lowest BCUT2D eigenvalue weighted by molar-refractivity contribution is -0.143. The molecule has 2 rings (SSSR count). The van der Waals surface area contributed by atoms with Gasteiger partial charge in [-0.3, -0.25) is 9.80 Å². The van der Waals surface area contributed by atoms with Crippen molar-refractivity contribution in [2.24, 2.45) is 15.8 Å². The molecule has 7 nitrogen and oxygen atoms in total. The van der Waals surface area contributed by atoms with Gasteiger partial charge in [0, 0.05) is 36.8 Å². The van der Waals surface area contributed by atoms with Crippen molar-refractivity contribution in [1.29, 1.82) is 0 Å². The van der Waals surface area contributed by atoms with Gasteiger partial charge in [0.25, 0.3) is 5.91 Å². The van der Waals surface area contributed by atoms with E-state index < -0.39 is 40.8 Å². The summed E-state index contributed by atoms with van der Waals surface area (Å²) in [7, 11) is 1.26. The van der Waals surface area contributed by atoms with Crippen LogP contribution in [0.5, 0.6) is 0 Å². The molecule has 1 aromatic carbocycles. The van der Waals surface area contributed by atoms with Crippen LogP contribution in [0.15, 0.2) is 53.2 Å². The van der Waals surface area contributed by atoms with Crippen LogP contribution >= 0.6 is 0 Å². The molecule has 0 saturated carbocycles. The highest BCUT2D eigenvalue weighted by molar-refractivity contribution is 6.18. The maximum atomic E-state index is 13.1. The largest absolute Gasteiger partial charge is 0.416 e. The molecule has 13 heteroatoms. The zero-order valence-electron chi connectivity index (χ0n) is 15.7. The molecule has 2 N–H and O–H groups in total. The number of hydrogen-bond donors (Lipinski definition) is 1. The minimum atomic E-state index is -5.04. The number of aromatic nitrogens is 2. The lowest BCUT2D eigenvalue weighted by atomic mass is 10.0. The van der Waals surface area contributed by atoms with E-state index in [1.54, 1.807) is 0 Å². The minimum Gasteiger partial charge on any atom is -0.366 e. The Morgan fingerprint density at radius 3 is 1.97 bits per heavy atom. The third-order valence-corrected chi connectivity index (χ3v) is 3.70. The van der Waals surface area contributed by atoms with Crippen LogP contribution in [-0.4, -0.2) is 40.5 Å². The van der Waals surface area contributed by atoms with Crippen molar-refractivity contribution in [2.75, 3.05) is 7.05 Å².